The standard InChI is InChI=1S/C13H7ClO2S/c14-12-11(10-6-3-7-17-10)8-4-1-2-5-9(8)16-13(12)15/h1-7H. The molecule has 0 saturated carbocycles. The molecule has 0 amide bonds. The molecule has 0 aliphatic heterocycles. The number of hydrogen-bond acceptors (Lipinski definition) is 3. The first kappa shape index (κ1) is 10.6. The van der Waals surface area contributed by atoms with Crippen LogP contribution < -0.4 is 5.63 Å². The average molecular weight is 263 g/mol. The predicted octanol–water partition coefficient (Wildman–Crippen LogP) is 4.17. The van der Waals surface area contributed by atoms with E-state index in [4.69, 9.17) is 16.0 Å². The van der Waals surface area contributed by atoms with Crippen LogP contribution in [0.3, 0.4) is 0 Å². The van der Waals surface area contributed by atoms with E-state index < -0.39 is 5.63 Å². The highest BCUT2D eigenvalue weighted by Gasteiger charge is 2.14. The van der Waals surface area contributed by atoms with Crippen LogP contribution >= 0.6 is 22.9 Å². The highest BCUT2D eigenvalue weighted by atomic mass is 35.5. The Hall–Kier alpha value is -1.58. The molecule has 2 heterocycles. The van der Waals surface area contributed by atoms with Gasteiger partial charge in [0.25, 0.3) is 0 Å². The van der Waals surface area contributed by atoms with Crippen molar-refractivity contribution in [1.29, 1.82) is 0 Å². The first-order chi connectivity index (χ1) is 8.27. The van der Waals surface area contributed by atoms with Crippen molar-refractivity contribution in [2.24, 2.45) is 0 Å². The smallest absolute Gasteiger partial charge is 0.355 e. The summed E-state index contributed by atoms with van der Waals surface area (Å²) in [6.07, 6.45) is 0. The molecule has 17 heavy (non-hydrogen) atoms. The van der Waals surface area contributed by atoms with Gasteiger partial charge in [0.15, 0.2) is 0 Å². The monoisotopic (exact) mass is 262 g/mol. The number of fused-ring (bicyclic) bond motifs is 1. The number of benzene rings is 1. The first-order valence-electron chi connectivity index (χ1n) is 5.02. The number of halogens is 1. The van der Waals surface area contributed by atoms with Crippen LogP contribution in [0.25, 0.3) is 21.4 Å². The summed E-state index contributed by atoms with van der Waals surface area (Å²) in [5.41, 5.74) is 0.826. The van der Waals surface area contributed by atoms with E-state index in [2.05, 4.69) is 0 Å². The zero-order valence-corrected chi connectivity index (χ0v) is 10.2. The van der Waals surface area contributed by atoms with Gasteiger partial charge in [-0.25, -0.2) is 4.79 Å². The van der Waals surface area contributed by atoms with Gasteiger partial charge in [0.2, 0.25) is 0 Å². The van der Waals surface area contributed by atoms with E-state index in [1.165, 1.54) is 0 Å². The van der Waals surface area contributed by atoms with E-state index in [0.717, 1.165) is 15.8 Å². The van der Waals surface area contributed by atoms with E-state index in [9.17, 15) is 4.79 Å². The summed E-state index contributed by atoms with van der Waals surface area (Å²) < 4.78 is 5.15. The molecular weight excluding hydrogens is 256 g/mol. The lowest BCUT2D eigenvalue weighted by molar-refractivity contribution is 0.562. The van der Waals surface area contributed by atoms with Gasteiger partial charge in [-0.3, -0.25) is 0 Å². The van der Waals surface area contributed by atoms with Gasteiger partial charge >= 0.3 is 5.63 Å². The van der Waals surface area contributed by atoms with Crippen LogP contribution in [-0.4, -0.2) is 0 Å². The van der Waals surface area contributed by atoms with Crippen LogP contribution in [0.2, 0.25) is 5.02 Å². The van der Waals surface area contributed by atoms with Crippen LogP contribution in [-0.2, 0) is 0 Å². The zero-order valence-electron chi connectivity index (χ0n) is 8.64. The molecule has 0 radical (unpaired) electrons. The van der Waals surface area contributed by atoms with Gasteiger partial charge in [-0.15, -0.1) is 11.3 Å². The van der Waals surface area contributed by atoms with E-state index in [1.54, 1.807) is 17.4 Å². The van der Waals surface area contributed by atoms with Crippen LogP contribution in [0, 0.1) is 0 Å². The van der Waals surface area contributed by atoms with Crippen LogP contribution in [0.1, 0.15) is 0 Å². The van der Waals surface area contributed by atoms with Crippen LogP contribution in [0.5, 0.6) is 0 Å². The van der Waals surface area contributed by atoms with Crippen molar-refractivity contribution >= 4 is 33.9 Å². The van der Waals surface area contributed by atoms with Gasteiger partial charge in [-0.2, -0.15) is 0 Å². The summed E-state index contributed by atoms with van der Waals surface area (Å²) in [7, 11) is 0. The van der Waals surface area contributed by atoms with E-state index >= 15 is 0 Å². The van der Waals surface area contributed by atoms with Crippen molar-refractivity contribution in [3.8, 4) is 10.4 Å². The molecule has 84 valence electrons. The number of para-hydroxylation sites is 1. The predicted molar refractivity (Wildman–Crippen MR) is 70.8 cm³/mol. The average Bonchev–Trinajstić information content (AvgIpc) is 2.84. The minimum absolute atomic E-state index is 0.145. The van der Waals surface area contributed by atoms with Gasteiger partial charge < -0.3 is 4.42 Å². The normalized spacial score (nSPS) is 10.9. The molecule has 2 aromatic heterocycles. The second kappa shape index (κ2) is 4.02. The second-order valence-electron chi connectivity index (χ2n) is 3.55. The summed E-state index contributed by atoms with van der Waals surface area (Å²) >= 11 is 7.61. The maximum absolute atomic E-state index is 11.7. The molecule has 0 aliphatic carbocycles. The molecule has 0 bridgehead atoms. The SMILES string of the molecule is O=c1oc2ccccc2c(-c2cccs2)c1Cl. The van der Waals surface area contributed by atoms with Crippen molar-refractivity contribution < 1.29 is 4.42 Å². The third kappa shape index (κ3) is 1.68. The minimum atomic E-state index is -0.492. The van der Waals surface area contributed by atoms with E-state index in [1.807, 2.05) is 35.7 Å². The fraction of sp³-hybridized carbons (Fsp3) is 0. The fourth-order valence-corrected chi connectivity index (χ4v) is 2.88. The topological polar surface area (TPSA) is 30.2 Å². The molecule has 2 nitrogen and oxygen atoms in total. The molecular formula is C13H7ClO2S. The summed E-state index contributed by atoms with van der Waals surface area (Å²) in [6.45, 7) is 0. The molecule has 0 fully saturated rings. The second-order valence-corrected chi connectivity index (χ2v) is 4.88. The number of rotatable bonds is 1. The summed E-state index contributed by atoms with van der Waals surface area (Å²) in [5.74, 6) is 0. The molecule has 0 unspecified atom stereocenters. The first-order valence-corrected chi connectivity index (χ1v) is 6.28. The van der Waals surface area contributed by atoms with Crippen LogP contribution in [0.4, 0.5) is 0 Å². The lowest BCUT2D eigenvalue weighted by Gasteiger charge is -2.04. The van der Waals surface area contributed by atoms with Gasteiger partial charge in [0.05, 0.1) is 0 Å². The van der Waals surface area contributed by atoms with Crippen molar-refractivity contribution in [3.63, 3.8) is 0 Å². The van der Waals surface area contributed by atoms with E-state index in [-0.39, 0.29) is 5.02 Å². The third-order valence-corrected chi connectivity index (χ3v) is 3.76. The summed E-state index contributed by atoms with van der Waals surface area (Å²) in [6, 6.07) is 11.3. The lowest BCUT2D eigenvalue weighted by atomic mass is 10.1. The maximum atomic E-state index is 11.7. The Morgan fingerprint density at radius 3 is 2.71 bits per heavy atom. The quantitative estimate of drug-likeness (QED) is 0.616. The molecule has 4 heteroatoms. The molecule has 0 atom stereocenters. The van der Waals surface area contributed by atoms with Gasteiger partial charge in [0.1, 0.15) is 10.6 Å². The Morgan fingerprint density at radius 1 is 1.12 bits per heavy atom. The molecule has 3 rings (SSSR count). The summed E-state index contributed by atoms with van der Waals surface area (Å²) in [4.78, 5) is 12.6. The Bertz CT molecular complexity index is 729. The van der Waals surface area contributed by atoms with Gasteiger partial charge in [-0.1, -0.05) is 35.9 Å². The molecule has 0 aliphatic rings. The highest BCUT2D eigenvalue weighted by molar-refractivity contribution is 7.13. The highest BCUT2D eigenvalue weighted by Crippen LogP contribution is 2.35. The van der Waals surface area contributed by atoms with Crippen LogP contribution in [0.15, 0.2) is 51.0 Å². The number of hydrogen-bond donors (Lipinski definition) is 0. The fourth-order valence-electron chi connectivity index (χ4n) is 1.79. The maximum Gasteiger partial charge on any atom is 0.355 e. The van der Waals surface area contributed by atoms with Crippen molar-refractivity contribution in [2.45, 2.75) is 0 Å². The molecule has 1 aromatic carbocycles. The molecule has 0 spiro atoms. The number of thiophene rings is 1. The van der Waals surface area contributed by atoms with E-state index in [0.29, 0.717) is 5.58 Å². The minimum Gasteiger partial charge on any atom is -0.422 e. The molecule has 0 N–H and O–H groups in total. The Labute approximate surface area is 106 Å². The summed E-state index contributed by atoms with van der Waals surface area (Å²) in [5, 5.41) is 2.96. The van der Waals surface area contributed by atoms with Crippen molar-refractivity contribution in [2.75, 3.05) is 0 Å². The largest absolute Gasteiger partial charge is 0.422 e. The molecule has 0 saturated heterocycles. The Morgan fingerprint density at radius 2 is 1.94 bits per heavy atom. The van der Waals surface area contributed by atoms with Crippen molar-refractivity contribution in [1.82, 2.24) is 0 Å². The lowest BCUT2D eigenvalue weighted by Crippen LogP contribution is -2.01. The Balaban J connectivity index is 2.50. The zero-order chi connectivity index (χ0) is 11.8. The third-order valence-electron chi connectivity index (χ3n) is 2.53. The van der Waals surface area contributed by atoms with Gasteiger partial charge in [0, 0.05) is 15.8 Å². The van der Waals surface area contributed by atoms with Gasteiger partial charge in [-0.05, 0) is 17.5 Å². The van der Waals surface area contributed by atoms with Crippen molar-refractivity contribution in [3.05, 3.63) is 57.2 Å². The Kier molecular flexibility index (Phi) is 2.50. The molecule has 3 aromatic rings.